The molecule has 1 aromatic rings. The van der Waals surface area contributed by atoms with E-state index in [1.54, 1.807) is 7.11 Å². The van der Waals surface area contributed by atoms with Crippen molar-refractivity contribution in [2.24, 2.45) is 5.92 Å². The van der Waals surface area contributed by atoms with Gasteiger partial charge >= 0.3 is 0 Å². The fraction of sp³-hybridized carbons (Fsp3) is 0.500. The number of hydrogen-bond acceptors (Lipinski definition) is 2. The minimum atomic E-state index is 0.744. The van der Waals surface area contributed by atoms with Crippen LogP contribution in [0.15, 0.2) is 18.2 Å². The number of halogens is 1. The Morgan fingerprint density at radius 3 is 3.00 bits per heavy atom. The van der Waals surface area contributed by atoms with Gasteiger partial charge in [0.1, 0.15) is 5.75 Å². The number of methoxy groups -OCH3 is 1. The lowest BCUT2D eigenvalue weighted by atomic mass is 9.98. The average Bonchev–Trinajstić information content (AvgIpc) is 2.69. The molecule has 0 aromatic heterocycles. The van der Waals surface area contributed by atoms with Crippen molar-refractivity contribution in [1.29, 1.82) is 0 Å². The Labute approximate surface area is 95.6 Å². The van der Waals surface area contributed by atoms with E-state index in [-0.39, 0.29) is 0 Å². The molecule has 0 spiro atoms. The van der Waals surface area contributed by atoms with Crippen molar-refractivity contribution in [2.45, 2.75) is 12.8 Å². The molecule has 0 radical (unpaired) electrons. The summed E-state index contributed by atoms with van der Waals surface area (Å²) in [5.74, 6) is 1.59. The van der Waals surface area contributed by atoms with E-state index in [1.807, 2.05) is 12.1 Å². The molecular weight excluding hydrogens is 210 g/mol. The lowest BCUT2D eigenvalue weighted by Crippen LogP contribution is -2.10. The van der Waals surface area contributed by atoms with Gasteiger partial charge in [-0.25, -0.2) is 0 Å². The number of nitrogens with one attached hydrogen (secondary N) is 1. The SMILES string of the molecule is COc1cc(Cl)cc(CC2CCNC2)c1. The highest BCUT2D eigenvalue weighted by Crippen LogP contribution is 2.24. The van der Waals surface area contributed by atoms with Crippen LogP contribution in [0.3, 0.4) is 0 Å². The second kappa shape index (κ2) is 4.86. The van der Waals surface area contributed by atoms with Crippen molar-refractivity contribution < 1.29 is 4.74 Å². The molecule has 1 unspecified atom stereocenters. The maximum absolute atomic E-state index is 6.02. The summed E-state index contributed by atoms with van der Waals surface area (Å²) in [7, 11) is 1.67. The van der Waals surface area contributed by atoms with Gasteiger partial charge in [-0.15, -0.1) is 0 Å². The summed E-state index contributed by atoms with van der Waals surface area (Å²) in [4.78, 5) is 0. The van der Waals surface area contributed by atoms with Crippen LogP contribution in [0.2, 0.25) is 5.02 Å². The average molecular weight is 226 g/mol. The Kier molecular flexibility index (Phi) is 3.49. The molecule has 1 N–H and O–H groups in total. The van der Waals surface area contributed by atoms with Gasteiger partial charge in [-0.2, -0.15) is 0 Å². The molecule has 0 aliphatic carbocycles. The summed E-state index contributed by atoms with van der Waals surface area (Å²) in [6.07, 6.45) is 2.35. The molecule has 15 heavy (non-hydrogen) atoms. The maximum Gasteiger partial charge on any atom is 0.120 e. The highest BCUT2D eigenvalue weighted by atomic mass is 35.5. The largest absolute Gasteiger partial charge is 0.497 e. The molecular formula is C12H16ClNO. The normalized spacial score (nSPS) is 20.5. The number of ether oxygens (including phenoxy) is 1. The van der Waals surface area contributed by atoms with Gasteiger partial charge < -0.3 is 10.1 Å². The Morgan fingerprint density at radius 1 is 1.47 bits per heavy atom. The van der Waals surface area contributed by atoms with Gasteiger partial charge in [0.2, 0.25) is 0 Å². The molecule has 0 bridgehead atoms. The van der Waals surface area contributed by atoms with Gasteiger partial charge in [0.25, 0.3) is 0 Å². The van der Waals surface area contributed by atoms with E-state index in [4.69, 9.17) is 16.3 Å². The van der Waals surface area contributed by atoms with E-state index in [0.717, 1.165) is 36.2 Å². The van der Waals surface area contributed by atoms with Crippen LogP contribution in [0, 0.1) is 5.92 Å². The highest BCUT2D eigenvalue weighted by molar-refractivity contribution is 6.30. The Bertz CT molecular complexity index is 334. The highest BCUT2D eigenvalue weighted by Gasteiger charge is 2.15. The molecule has 1 aromatic carbocycles. The van der Waals surface area contributed by atoms with Crippen LogP contribution in [-0.2, 0) is 6.42 Å². The van der Waals surface area contributed by atoms with E-state index < -0.39 is 0 Å². The molecule has 82 valence electrons. The third-order valence-corrected chi connectivity index (χ3v) is 3.07. The quantitative estimate of drug-likeness (QED) is 0.854. The first kappa shape index (κ1) is 10.8. The monoisotopic (exact) mass is 225 g/mol. The van der Waals surface area contributed by atoms with Crippen molar-refractivity contribution >= 4 is 11.6 Å². The lowest BCUT2D eigenvalue weighted by Gasteiger charge is -2.10. The third kappa shape index (κ3) is 2.86. The predicted molar refractivity (Wildman–Crippen MR) is 62.7 cm³/mol. The molecule has 2 rings (SSSR count). The van der Waals surface area contributed by atoms with Crippen LogP contribution in [0.1, 0.15) is 12.0 Å². The van der Waals surface area contributed by atoms with Crippen LogP contribution in [0.25, 0.3) is 0 Å². The second-order valence-corrected chi connectivity index (χ2v) is 4.50. The Morgan fingerprint density at radius 2 is 2.33 bits per heavy atom. The zero-order valence-electron chi connectivity index (χ0n) is 8.92. The van der Waals surface area contributed by atoms with Crippen molar-refractivity contribution in [2.75, 3.05) is 20.2 Å². The second-order valence-electron chi connectivity index (χ2n) is 4.06. The fourth-order valence-corrected chi connectivity index (χ4v) is 2.33. The molecule has 1 heterocycles. The van der Waals surface area contributed by atoms with Gasteiger partial charge in [-0.05, 0) is 55.6 Å². The van der Waals surface area contributed by atoms with Crippen molar-refractivity contribution in [1.82, 2.24) is 5.32 Å². The van der Waals surface area contributed by atoms with Crippen LogP contribution in [0.4, 0.5) is 0 Å². The maximum atomic E-state index is 6.02. The Hall–Kier alpha value is -0.730. The number of hydrogen-bond donors (Lipinski definition) is 1. The van der Waals surface area contributed by atoms with Crippen LogP contribution < -0.4 is 10.1 Å². The fourth-order valence-electron chi connectivity index (χ4n) is 2.08. The molecule has 2 nitrogen and oxygen atoms in total. The topological polar surface area (TPSA) is 21.3 Å². The zero-order valence-corrected chi connectivity index (χ0v) is 9.68. The Balaban J connectivity index is 2.09. The molecule has 1 aliphatic heterocycles. The van der Waals surface area contributed by atoms with Gasteiger partial charge in [-0.3, -0.25) is 0 Å². The summed E-state index contributed by atoms with van der Waals surface area (Å²) in [5, 5.41) is 4.13. The molecule has 1 atom stereocenters. The number of benzene rings is 1. The summed E-state index contributed by atoms with van der Waals surface area (Å²) in [5.41, 5.74) is 1.27. The molecule has 0 saturated carbocycles. The lowest BCUT2D eigenvalue weighted by molar-refractivity contribution is 0.414. The minimum Gasteiger partial charge on any atom is -0.497 e. The van der Waals surface area contributed by atoms with Crippen molar-refractivity contribution in [3.63, 3.8) is 0 Å². The summed E-state index contributed by atoms with van der Waals surface area (Å²) >= 11 is 6.02. The van der Waals surface area contributed by atoms with Crippen molar-refractivity contribution in [3.05, 3.63) is 28.8 Å². The van der Waals surface area contributed by atoms with E-state index in [9.17, 15) is 0 Å². The van der Waals surface area contributed by atoms with Crippen LogP contribution in [0.5, 0.6) is 5.75 Å². The smallest absolute Gasteiger partial charge is 0.120 e. The van der Waals surface area contributed by atoms with Gasteiger partial charge in [0, 0.05) is 5.02 Å². The van der Waals surface area contributed by atoms with Crippen LogP contribution in [-0.4, -0.2) is 20.2 Å². The van der Waals surface area contributed by atoms with Gasteiger partial charge in [-0.1, -0.05) is 11.6 Å². The number of rotatable bonds is 3. The van der Waals surface area contributed by atoms with E-state index in [2.05, 4.69) is 11.4 Å². The van der Waals surface area contributed by atoms with Crippen LogP contribution >= 0.6 is 11.6 Å². The third-order valence-electron chi connectivity index (χ3n) is 2.85. The summed E-state index contributed by atoms with van der Waals surface area (Å²) in [6.45, 7) is 2.26. The van der Waals surface area contributed by atoms with E-state index in [0.29, 0.717) is 0 Å². The first-order chi connectivity index (χ1) is 7.28. The van der Waals surface area contributed by atoms with E-state index in [1.165, 1.54) is 12.0 Å². The minimum absolute atomic E-state index is 0.744. The molecule has 1 aliphatic rings. The van der Waals surface area contributed by atoms with E-state index >= 15 is 0 Å². The van der Waals surface area contributed by atoms with Crippen molar-refractivity contribution in [3.8, 4) is 5.75 Å². The zero-order chi connectivity index (χ0) is 10.7. The van der Waals surface area contributed by atoms with Gasteiger partial charge in [0.05, 0.1) is 7.11 Å². The summed E-state index contributed by atoms with van der Waals surface area (Å²) < 4.78 is 5.20. The predicted octanol–water partition coefficient (Wildman–Crippen LogP) is 2.50. The molecule has 1 saturated heterocycles. The van der Waals surface area contributed by atoms with Gasteiger partial charge in [0.15, 0.2) is 0 Å². The molecule has 0 amide bonds. The summed E-state index contributed by atoms with van der Waals surface area (Å²) in [6, 6.07) is 5.95. The standard InChI is InChI=1S/C12H16ClNO/c1-15-12-6-10(5-11(13)7-12)4-9-2-3-14-8-9/h5-7,9,14H,2-4,8H2,1H3. The first-order valence-electron chi connectivity index (χ1n) is 5.32. The first-order valence-corrected chi connectivity index (χ1v) is 5.70. The molecule has 3 heteroatoms. The molecule has 1 fully saturated rings.